The molecule has 0 atom stereocenters. The van der Waals surface area contributed by atoms with Gasteiger partial charge in [0.05, 0.1) is 11.9 Å². The van der Waals surface area contributed by atoms with Gasteiger partial charge in [-0.25, -0.2) is 14.4 Å². The van der Waals surface area contributed by atoms with Crippen LogP contribution in [0.25, 0.3) is 5.70 Å². The molecule has 0 saturated heterocycles. The van der Waals surface area contributed by atoms with Gasteiger partial charge in [-0.1, -0.05) is 29.9 Å². The van der Waals surface area contributed by atoms with Gasteiger partial charge in [0.25, 0.3) is 5.91 Å². The predicted molar refractivity (Wildman–Crippen MR) is 114 cm³/mol. The predicted octanol–water partition coefficient (Wildman–Crippen LogP) is 2.90. The number of anilines is 2. The highest BCUT2D eigenvalue weighted by Gasteiger charge is 2.13. The molecule has 0 aliphatic heterocycles. The fraction of sp³-hybridized carbons (Fsp3) is 0.0952. The SMILES string of the molecule is C=C(C)C(=O)Nc1cnc(C(=N)/C=C(\NCc2ccccc2F)c2ccon2)nc1N. The lowest BCUT2D eigenvalue weighted by atomic mass is 10.2. The monoisotopic (exact) mass is 421 g/mol. The number of benzene rings is 1. The van der Waals surface area contributed by atoms with Crippen LogP contribution in [0.1, 0.15) is 24.0 Å². The van der Waals surface area contributed by atoms with Crippen molar-refractivity contribution in [1.29, 1.82) is 5.41 Å². The van der Waals surface area contributed by atoms with Gasteiger partial charge in [-0.3, -0.25) is 10.2 Å². The van der Waals surface area contributed by atoms with E-state index >= 15 is 0 Å². The number of nitrogens with two attached hydrogens (primary N) is 1. The van der Waals surface area contributed by atoms with E-state index in [0.717, 1.165) is 0 Å². The Bertz CT molecular complexity index is 1160. The van der Waals surface area contributed by atoms with E-state index in [-0.39, 0.29) is 35.4 Å². The number of nitrogens with zero attached hydrogens (tertiary/aromatic N) is 3. The van der Waals surface area contributed by atoms with Gasteiger partial charge in [0.1, 0.15) is 29.2 Å². The first-order valence-electron chi connectivity index (χ1n) is 9.13. The highest BCUT2D eigenvalue weighted by Crippen LogP contribution is 2.17. The van der Waals surface area contributed by atoms with Crippen molar-refractivity contribution in [3.8, 4) is 0 Å². The van der Waals surface area contributed by atoms with Crippen molar-refractivity contribution < 1.29 is 13.7 Å². The maximum atomic E-state index is 13.9. The van der Waals surface area contributed by atoms with E-state index in [0.29, 0.717) is 22.5 Å². The molecule has 0 unspecified atom stereocenters. The minimum absolute atomic E-state index is 0.0000481. The number of allylic oxidation sites excluding steroid dienone is 1. The van der Waals surface area contributed by atoms with Crippen molar-refractivity contribution in [3.05, 3.63) is 83.9 Å². The second kappa shape index (κ2) is 9.44. The van der Waals surface area contributed by atoms with Crippen LogP contribution in [-0.2, 0) is 11.3 Å². The van der Waals surface area contributed by atoms with Gasteiger partial charge in [0.2, 0.25) is 0 Å². The fourth-order valence-corrected chi connectivity index (χ4v) is 2.46. The third-order valence-electron chi connectivity index (χ3n) is 4.12. The number of halogens is 1. The minimum Gasteiger partial charge on any atom is -0.382 e. The maximum absolute atomic E-state index is 13.9. The van der Waals surface area contributed by atoms with Crippen LogP contribution in [-0.4, -0.2) is 26.7 Å². The molecule has 0 aliphatic rings. The summed E-state index contributed by atoms with van der Waals surface area (Å²) in [4.78, 5) is 19.9. The summed E-state index contributed by atoms with van der Waals surface area (Å²) in [5.74, 6) is -0.740. The Kier molecular flexibility index (Phi) is 6.51. The highest BCUT2D eigenvalue weighted by atomic mass is 19.1. The molecule has 2 heterocycles. The molecule has 0 radical (unpaired) electrons. The molecule has 1 amide bonds. The van der Waals surface area contributed by atoms with E-state index in [1.165, 1.54) is 24.6 Å². The Morgan fingerprint density at radius 2 is 2.13 bits per heavy atom. The number of nitrogen functional groups attached to an aromatic ring is 1. The summed E-state index contributed by atoms with van der Waals surface area (Å²) in [6.45, 7) is 5.27. The van der Waals surface area contributed by atoms with Crippen LogP contribution in [0.15, 0.2) is 65.5 Å². The number of carbonyl (C=O) groups excluding carboxylic acids is 1. The van der Waals surface area contributed by atoms with E-state index in [1.807, 2.05) is 0 Å². The number of amides is 1. The van der Waals surface area contributed by atoms with E-state index in [4.69, 9.17) is 15.7 Å². The summed E-state index contributed by atoms with van der Waals surface area (Å²) in [7, 11) is 0. The van der Waals surface area contributed by atoms with E-state index in [9.17, 15) is 9.18 Å². The maximum Gasteiger partial charge on any atom is 0.250 e. The molecule has 1 aromatic carbocycles. The van der Waals surface area contributed by atoms with Crippen LogP contribution >= 0.6 is 0 Å². The lowest BCUT2D eigenvalue weighted by Crippen LogP contribution is -2.17. The Balaban J connectivity index is 1.82. The standard InChI is InChI=1S/C21H20FN7O2/c1-12(2)21(30)27-18-11-26-20(28-19(18)24)15(23)9-17(16-7-8-31-29-16)25-10-13-5-3-4-6-14(13)22/h3-9,11,23,25H,1,10H2,2H3,(H,27,30)(H2,24,26,28)/b17-9-,23-15?. The Morgan fingerprint density at radius 3 is 2.77 bits per heavy atom. The van der Waals surface area contributed by atoms with E-state index in [1.54, 1.807) is 31.2 Å². The van der Waals surface area contributed by atoms with Gasteiger partial charge in [0.15, 0.2) is 11.6 Å². The summed E-state index contributed by atoms with van der Waals surface area (Å²) in [5.41, 5.74) is 7.59. The second-order valence-electron chi connectivity index (χ2n) is 6.53. The summed E-state index contributed by atoms with van der Waals surface area (Å²) >= 11 is 0. The first-order chi connectivity index (χ1) is 14.8. The molecule has 9 nitrogen and oxygen atoms in total. The lowest BCUT2D eigenvalue weighted by molar-refractivity contribution is -0.112. The smallest absolute Gasteiger partial charge is 0.250 e. The first-order valence-corrected chi connectivity index (χ1v) is 9.13. The van der Waals surface area contributed by atoms with E-state index < -0.39 is 5.91 Å². The average Bonchev–Trinajstić information content (AvgIpc) is 3.28. The van der Waals surface area contributed by atoms with Crippen LogP contribution in [0.4, 0.5) is 15.9 Å². The van der Waals surface area contributed by atoms with Crippen LogP contribution in [0.2, 0.25) is 0 Å². The Hall–Kier alpha value is -4.34. The van der Waals surface area contributed by atoms with Gasteiger partial charge >= 0.3 is 0 Å². The largest absolute Gasteiger partial charge is 0.382 e. The van der Waals surface area contributed by atoms with Crippen LogP contribution in [0, 0.1) is 11.2 Å². The topological polar surface area (TPSA) is 143 Å². The molecule has 31 heavy (non-hydrogen) atoms. The van der Waals surface area contributed by atoms with Crippen molar-refractivity contribution in [3.63, 3.8) is 0 Å². The fourth-order valence-electron chi connectivity index (χ4n) is 2.46. The van der Waals surface area contributed by atoms with Gasteiger partial charge < -0.3 is 20.9 Å². The van der Waals surface area contributed by atoms with Crippen molar-refractivity contribution in [1.82, 2.24) is 20.4 Å². The van der Waals surface area contributed by atoms with Crippen molar-refractivity contribution in [2.24, 2.45) is 0 Å². The molecule has 3 aromatic rings. The van der Waals surface area contributed by atoms with Crippen LogP contribution in [0.5, 0.6) is 0 Å². The molecule has 0 saturated carbocycles. The van der Waals surface area contributed by atoms with Crippen molar-refractivity contribution in [2.75, 3.05) is 11.1 Å². The molecule has 10 heteroatoms. The molecule has 0 fully saturated rings. The number of rotatable bonds is 8. The Morgan fingerprint density at radius 1 is 1.35 bits per heavy atom. The number of hydrogen-bond acceptors (Lipinski definition) is 8. The van der Waals surface area contributed by atoms with Gasteiger partial charge in [0, 0.05) is 23.7 Å². The van der Waals surface area contributed by atoms with Crippen molar-refractivity contribution in [2.45, 2.75) is 13.5 Å². The highest BCUT2D eigenvalue weighted by molar-refractivity contribution is 6.08. The van der Waals surface area contributed by atoms with Crippen molar-refractivity contribution >= 4 is 28.8 Å². The first kappa shape index (κ1) is 21.4. The molecule has 3 rings (SSSR count). The quantitative estimate of drug-likeness (QED) is 0.323. The van der Waals surface area contributed by atoms with Gasteiger partial charge in [-0.15, -0.1) is 0 Å². The van der Waals surface area contributed by atoms with Gasteiger partial charge in [-0.05, 0) is 19.1 Å². The van der Waals surface area contributed by atoms with Gasteiger partial charge in [-0.2, -0.15) is 0 Å². The zero-order valence-corrected chi connectivity index (χ0v) is 16.6. The third-order valence-corrected chi connectivity index (χ3v) is 4.12. The lowest BCUT2D eigenvalue weighted by Gasteiger charge is -2.11. The normalized spacial score (nSPS) is 11.1. The van der Waals surface area contributed by atoms with Crippen LogP contribution < -0.4 is 16.4 Å². The molecular formula is C21H20FN7O2. The van der Waals surface area contributed by atoms with E-state index in [2.05, 4.69) is 32.3 Å². The number of hydrogen-bond donors (Lipinski definition) is 4. The molecule has 5 N–H and O–H groups in total. The number of aromatic nitrogens is 3. The second-order valence-corrected chi connectivity index (χ2v) is 6.53. The van der Waals surface area contributed by atoms with Crippen LogP contribution in [0.3, 0.4) is 0 Å². The Labute approximate surface area is 177 Å². The summed E-state index contributed by atoms with van der Waals surface area (Å²) < 4.78 is 18.8. The minimum atomic E-state index is -0.413. The number of nitrogens with one attached hydrogen (secondary N) is 3. The molecule has 0 spiro atoms. The molecule has 0 aliphatic carbocycles. The molecule has 2 aromatic heterocycles. The average molecular weight is 421 g/mol. The zero-order valence-electron chi connectivity index (χ0n) is 16.6. The summed E-state index contributed by atoms with van der Waals surface area (Å²) in [5, 5.41) is 17.8. The number of carbonyl (C=O) groups is 1. The summed E-state index contributed by atoms with van der Waals surface area (Å²) in [6, 6.07) is 7.94. The zero-order chi connectivity index (χ0) is 22.4. The molecular weight excluding hydrogens is 401 g/mol. The molecule has 0 bridgehead atoms. The summed E-state index contributed by atoms with van der Waals surface area (Å²) in [6.07, 6.45) is 4.12. The molecule has 158 valence electrons. The third kappa shape index (κ3) is 5.38.